The molecule has 1 fully saturated rings. The largest absolute Gasteiger partial charge is 0.493 e. The van der Waals surface area contributed by atoms with Gasteiger partial charge in [0.1, 0.15) is 11.6 Å². The third kappa shape index (κ3) is 2.87. The smallest absolute Gasteiger partial charge is 0.161 e. The summed E-state index contributed by atoms with van der Waals surface area (Å²) in [6.45, 7) is -0.0304. The zero-order chi connectivity index (χ0) is 14.6. The van der Waals surface area contributed by atoms with Gasteiger partial charge in [0.2, 0.25) is 0 Å². The molecule has 0 bridgehead atoms. The second-order valence-electron chi connectivity index (χ2n) is 5.07. The Labute approximate surface area is 119 Å². The van der Waals surface area contributed by atoms with E-state index >= 15 is 0 Å². The maximum Gasteiger partial charge on any atom is 0.161 e. The lowest BCUT2D eigenvalue weighted by Crippen LogP contribution is -2.39. The van der Waals surface area contributed by atoms with Gasteiger partial charge in [-0.3, -0.25) is 0 Å². The maximum absolute atomic E-state index is 9.25. The van der Waals surface area contributed by atoms with E-state index in [1.165, 1.54) is 0 Å². The molecule has 2 rings (SSSR count). The third-order valence-corrected chi connectivity index (χ3v) is 3.87. The van der Waals surface area contributed by atoms with Crippen LogP contribution in [-0.4, -0.2) is 30.9 Å². The van der Waals surface area contributed by atoms with Crippen LogP contribution in [0.1, 0.15) is 24.8 Å². The Kier molecular flexibility index (Phi) is 4.48. The Morgan fingerprint density at radius 2 is 2.30 bits per heavy atom. The number of hydrogen-bond donors (Lipinski definition) is 2. The van der Waals surface area contributed by atoms with Gasteiger partial charge in [-0.15, -0.1) is 0 Å². The fourth-order valence-electron chi connectivity index (χ4n) is 2.57. The van der Waals surface area contributed by atoms with Crippen LogP contribution in [0, 0.1) is 11.3 Å². The Balaban J connectivity index is 2.10. The van der Waals surface area contributed by atoms with E-state index in [-0.39, 0.29) is 12.7 Å². The molecule has 2 atom stereocenters. The molecular weight excluding hydrogens is 256 g/mol. The summed E-state index contributed by atoms with van der Waals surface area (Å²) in [5.74, 6) is 1.26. The fraction of sp³-hybridized carbons (Fsp3) is 0.533. The van der Waals surface area contributed by atoms with Gasteiger partial charge < -0.3 is 19.9 Å². The van der Waals surface area contributed by atoms with Crippen molar-refractivity contribution in [3.05, 3.63) is 23.8 Å². The molecule has 0 aromatic heterocycles. The number of nitriles is 1. The molecule has 0 aliphatic heterocycles. The molecule has 20 heavy (non-hydrogen) atoms. The number of rotatable bonds is 5. The molecule has 0 spiro atoms. The van der Waals surface area contributed by atoms with Gasteiger partial charge in [0.05, 0.1) is 19.8 Å². The van der Waals surface area contributed by atoms with Crippen molar-refractivity contribution >= 4 is 0 Å². The van der Waals surface area contributed by atoms with Crippen molar-refractivity contribution in [2.75, 3.05) is 14.2 Å². The zero-order valence-corrected chi connectivity index (χ0v) is 11.8. The molecule has 1 aliphatic rings. The quantitative estimate of drug-likeness (QED) is 0.854. The van der Waals surface area contributed by atoms with Gasteiger partial charge in [-0.1, -0.05) is 6.07 Å². The molecule has 1 aliphatic carbocycles. The van der Waals surface area contributed by atoms with E-state index in [1.807, 2.05) is 13.1 Å². The third-order valence-electron chi connectivity index (χ3n) is 3.87. The molecule has 0 radical (unpaired) electrons. The van der Waals surface area contributed by atoms with Crippen molar-refractivity contribution in [2.24, 2.45) is 0 Å². The fourth-order valence-corrected chi connectivity index (χ4v) is 2.57. The molecule has 0 amide bonds. The van der Waals surface area contributed by atoms with Crippen LogP contribution in [-0.2, 0) is 6.61 Å². The van der Waals surface area contributed by atoms with Gasteiger partial charge in [-0.2, -0.15) is 5.26 Å². The van der Waals surface area contributed by atoms with Crippen molar-refractivity contribution < 1.29 is 14.6 Å². The zero-order valence-electron chi connectivity index (χ0n) is 11.8. The summed E-state index contributed by atoms with van der Waals surface area (Å²) in [5, 5.41) is 21.5. The lowest BCUT2D eigenvalue weighted by Gasteiger charge is -2.21. The summed E-state index contributed by atoms with van der Waals surface area (Å²) in [5.41, 5.74) is 0.297. The Hall–Kier alpha value is -1.77. The number of nitrogens with one attached hydrogen (secondary N) is 1. The van der Waals surface area contributed by atoms with Crippen molar-refractivity contribution in [2.45, 2.75) is 37.5 Å². The number of aliphatic hydroxyl groups is 1. The first-order valence-corrected chi connectivity index (χ1v) is 6.71. The van der Waals surface area contributed by atoms with Crippen LogP contribution in [0.15, 0.2) is 18.2 Å². The molecule has 2 N–H and O–H groups in total. The topological polar surface area (TPSA) is 74.5 Å². The summed E-state index contributed by atoms with van der Waals surface area (Å²) in [6.07, 6.45) is 2.27. The highest BCUT2D eigenvalue weighted by molar-refractivity contribution is 5.43. The summed E-state index contributed by atoms with van der Waals surface area (Å²) in [6, 6.07) is 7.71. The molecule has 0 heterocycles. The lowest BCUT2D eigenvalue weighted by atomic mass is 10.0. The van der Waals surface area contributed by atoms with Crippen LogP contribution in [0.5, 0.6) is 11.5 Å². The Bertz CT molecular complexity index is 512. The van der Waals surface area contributed by atoms with Crippen LogP contribution in [0.2, 0.25) is 0 Å². The average Bonchev–Trinajstić information content (AvgIpc) is 2.91. The predicted molar refractivity (Wildman–Crippen MR) is 74.6 cm³/mol. The molecule has 5 nitrogen and oxygen atoms in total. The van der Waals surface area contributed by atoms with Crippen LogP contribution < -0.4 is 14.8 Å². The van der Waals surface area contributed by atoms with Crippen LogP contribution in [0.3, 0.4) is 0 Å². The Morgan fingerprint density at radius 3 is 2.85 bits per heavy atom. The summed E-state index contributed by atoms with van der Waals surface area (Å²) < 4.78 is 11.2. The van der Waals surface area contributed by atoms with Gasteiger partial charge in [0, 0.05) is 6.42 Å². The number of benzene rings is 1. The van der Waals surface area contributed by atoms with E-state index in [0.29, 0.717) is 17.9 Å². The molecular formula is C15H20N2O3. The van der Waals surface area contributed by atoms with Crippen LogP contribution in [0.25, 0.3) is 0 Å². The number of aliphatic hydroxyl groups excluding tert-OH is 1. The number of methoxy groups -OCH3 is 1. The highest BCUT2D eigenvalue weighted by atomic mass is 16.5. The van der Waals surface area contributed by atoms with Gasteiger partial charge >= 0.3 is 0 Å². The highest BCUT2D eigenvalue weighted by Gasteiger charge is 2.39. The van der Waals surface area contributed by atoms with Gasteiger partial charge in [0.25, 0.3) is 0 Å². The van der Waals surface area contributed by atoms with Crippen molar-refractivity contribution in [1.29, 1.82) is 5.26 Å². The number of hydrogen-bond acceptors (Lipinski definition) is 5. The van der Waals surface area contributed by atoms with Gasteiger partial charge in [-0.25, -0.2) is 0 Å². The summed E-state index contributed by atoms with van der Waals surface area (Å²) in [7, 11) is 3.38. The average molecular weight is 276 g/mol. The Morgan fingerprint density at radius 1 is 1.50 bits per heavy atom. The molecule has 5 heteroatoms. The van der Waals surface area contributed by atoms with Gasteiger partial charge in [-0.05, 0) is 37.6 Å². The molecule has 0 saturated heterocycles. The lowest BCUT2D eigenvalue weighted by molar-refractivity contribution is 0.193. The SMILES string of the molecule is CNC1(C#N)CCC(Oc2ccc(CO)cc2OC)C1. The minimum atomic E-state index is -0.483. The minimum Gasteiger partial charge on any atom is -0.493 e. The molecule has 108 valence electrons. The van der Waals surface area contributed by atoms with Crippen LogP contribution >= 0.6 is 0 Å². The molecule has 1 aromatic rings. The standard InChI is InChI=1S/C15H20N2O3/c1-17-15(10-16)6-5-12(8-15)20-13-4-3-11(9-18)7-14(13)19-2/h3-4,7,12,17-18H,5-6,8-9H2,1-2H3. The van der Waals surface area contributed by atoms with Crippen molar-refractivity contribution in [1.82, 2.24) is 5.32 Å². The van der Waals surface area contributed by atoms with Crippen molar-refractivity contribution in [3.8, 4) is 17.6 Å². The monoisotopic (exact) mass is 276 g/mol. The van der Waals surface area contributed by atoms with E-state index in [1.54, 1.807) is 19.2 Å². The van der Waals surface area contributed by atoms with Crippen LogP contribution in [0.4, 0.5) is 0 Å². The first kappa shape index (κ1) is 14.6. The van der Waals surface area contributed by atoms with Gasteiger partial charge in [0.15, 0.2) is 11.5 Å². The second-order valence-corrected chi connectivity index (χ2v) is 5.07. The van der Waals surface area contributed by atoms with E-state index in [9.17, 15) is 5.26 Å². The predicted octanol–water partition coefficient (Wildman–Crippen LogP) is 1.60. The normalized spacial score (nSPS) is 25.2. The van der Waals surface area contributed by atoms with E-state index in [0.717, 1.165) is 18.4 Å². The summed E-state index contributed by atoms with van der Waals surface area (Å²) in [4.78, 5) is 0. The first-order valence-electron chi connectivity index (χ1n) is 6.71. The molecule has 1 aromatic carbocycles. The molecule has 2 unspecified atom stereocenters. The number of ether oxygens (including phenoxy) is 2. The highest BCUT2D eigenvalue weighted by Crippen LogP contribution is 2.35. The summed E-state index contributed by atoms with van der Waals surface area (Å²) >= 11 is 0. The first-order chi connectivity index (χ1) is 9.66. The molecule has 1 saturated carbocycles. The number of nitrogens with zero attached hydrogens (tertiary/aromatic N) is 1. The maximum atomic E-state index is 9.25. The van der Waals surface area contributed by atoms with E-state index < -0.39 is 5.54 Å². The second kappa shape index (κ2) is 6.12. The van der Waals surface area contributed by atoms with E-state index in [2.05, 4.69) is 11.4 Å². The van der Waals surface area contributed by atoms with E-state index in [4.69, 9.17) is 14.6 Å². The minimum absolute atomic E-state index is 0.00373. The van der Waals surface area contributed by atoms with Crippen molar-refractivity contribution in [3.63, 3.8) is 0 Å².